The smallest absolute Gasteiger partial charge is 0.264 e. The topological polar surface area (TPSA) is 75.7 Å². The highest BCUT2D eigenvalue weighted by Crippen LogP contribution is 2.23. The largest absolute Gasteiger partial charge is 0.491 e. The Bertz CT molecular complexity index is 1140. The Morgan fingerprint density at radius 2 is 1.71 bits per heavy atom. The maximum Gasteiger partial charge on any atom is 0.264 e. The fourth-order valence-corrected chi connectivity index (χ4v) is 4.07. The van der Waals surface area contributed by atoms with Crippen LogP contribution in [0.2, 0.25) is 0 Å². The van der Waals surface area contributed by atoms with Crippen LogP contribution in [0.4, 0.5) is 10.1 Å². The Labute approximate surface area is 181 Å². The summed E-state index contributed by atoms with van der Waals surface area (Å²) >= 11 is 0. The molecule has 0 unspecified atom stereocenters. The zero-order chi connectivity index (χ0) is 22.4. The molecule has 8 heteroatoms. The van der Waals surface area contributed by atoms with E-state index in [1.807, 2.05) is 30.3 Å². The zero-order valence-corrected chi connectivity index (χ0v) is 18.0. The molecule has 1 amide bonds. The van der Waals surface area contributed by atoms with Crippen LogP contribution in [-0.2, 0) is 10.0 Å². The van der Waals surface area contributed by atoms with Crippen molar-refractivity contribution in [3.8, 4) is 5.75 Å². The second-order valence-corrected chi connectivity index (χ2v) is 8.94. The molecule has 0 spiro atoms. The molecule has 1 atom stereocenters. The number of anilines is 1. The zero-order valence-electron chi connectivity index (χ0n) is 17.2. The average molecular weight is 443 g/mol. The van der Waals surface area contributed by atoms with Crippen molar-refractivity contribution in [3.05, 3.63) is 90.2 Å². The molecule has 0 aliphatic carbocycles. The summed E-state index contributed by atoms with van der Waals surface area (Å²) in [4.78, 5) is 12.6. The predicted octanol–water partition coefficient (Wildman–Crippen LogP) is 3.85. The highest BCUT2D eigenvalue weighted by Gasteiger charge is 2.23. The van der Waals surface area contributed by atoms with Crippen LogP contribution in [0, 0.1) is 5.82 Å². The van der Waals surface area contributed by atoms with Gasteiger partial charge in [-0.25, -0.2) is 12.8 Å². The first-order valence-electron chi connectivity index (χ1n) is 9.60. The number of nitrogens with zero attached hydrogens (tertiary/aromatic N) is 1. The van der Waals surface area contributed by atoms with Crippen molar-refractivity contribution in [2.45, 2.75) is 17.9 Å². The number of amides is 1. The fourth-order valence-electron chi connectivity index (χ4n) is 2.83. The minimum absolute atomic E-state index is 0.0415. The average Bonchev–Trinajstić information content (AvgIpc) is 2.78. The van der Waals surface area contributed by atoms with Crippen LogP contribution < -0.4 is 14.4 Å². The normalized spacial score (nSPS) is 12.1. The van der Waals surface area contributed by atoms with Gasteiger partial charge in [0.2, 0.25) is 0 Å². The first-order chi connectivity index (χ1) is 14.8. The number of carbonyl (C=O) groups is 1. The van der Waals surface area contributed by atoms with Gasteiger partial charge in [0.05, 0.1) is 16.6 Å². The van der Waals surface area contributed by atoms with E-state index in [4.69, 9.17) is 4.74 Å². The second-order valence-electron chi connectivity index (χ2n) is 6.98. The SMILES string of the molecule is C[C@@H](COc1ccccc1)NC(=O)c1cccc(S(=O)(=O)N(C)c2ccc(F)cc2)c1. The summed E-state index contributed by atoms with van der Waals surface area (Å²) in [6, 6.07) is 19.8. The molecule has 1 N–H and O–H groups in total. The molecule has 0 aromatic heterocycles. The Kier molecular flexibility index (Phi) is 6.91. The molecule has 162 valence electrons. The maximum absolute atomic E-state index is 13.1. The molecule has 3 aromatic rings. The number of sulfonamides is 1. The third-order valence-corrected chi connectivity index (χ3v) is 6.35. The van der Waals surface area contributed by atoms with Gasteiger partial charge in [-0.1, -0.05) is 24.3 Å². The Balaban J connectivity index is 1.69. The van der Waals surface area contributed by atoms with Crippen LogP contribution in [0.15, 0.2) is 83.8 Å². The van der Waals surface area contributed by atoms with E-state index in [-0.39, 0.29) is 23.1 Å². The molecule has 0 aliphatic heterocycles. The number of hydrogen-bond acceptors (Lipinski definition) is 4. The molecule has 3 rings (SSSR count). The lowest BCUT2D eigenvalue weighted by Crippen LogP contribution is -2.37. The summed E-state index contributed by atoms with van der Waals surface area (Å²) in [5.74, 6) is -0.176. The molecule has 0 saturated carbocycles. The number of ether oxygens (including phenoxy) is 1. The second kappa shape index (κ2) is 9.61. The lowest BCUT2D eigenvalue weighted by Gasteiger charge is -2.20. The molecule has 6 nitrogen and oxygen atoms in total. The number of para-hydroxylation sites is 1. The van der Waals surface area contributed by atoms with E-state index in [2.05, 4.69) is 5.32 Å². The number of benzene rings is 3. The van der Waals surface area contributed by atoms with Gasteiger partial charge in [-0.3, -0.25) is 9.10 Å². The number of hydrogen-bond donors (Lipinski definition) is 1. The standard InChI is InChI=1S/C23H23FN2O4S/c1-17(16-30-21-8-4-3-5-9-21)25-23(27)18-7-6-10-22(15-18)31(28,29)26(2)20-13-11-19(24)12-14-20/h3-15,17H,16H2,1-2H3,(H,25,27)/t17-/m0/s1. The Morgan fingerprint density at radius 1 is 1.03 bits per heavy atom. The molecule has 0 heterocycles. The minimum Gasteiger partial charge on any atom is -0.491 e. The number of halogens is 1. The van der Waals surface area contributed by atoms with Gasteiger partial charge >= 0.3 is 0 Å². The van der Waals surface area contributed by atoms with Crippen LogP contribution >= 0.6 is 0 Å². The summed E-state index contributed by atoms with van der Waals surface area (Å²) in [7, 11) is -2.56. The van der Waals surface area contributed by atoms with E-state index >= 15 is 0 Å². The van der Waals surface area contributed by atoms with Gasteiger partial charge in [0.1, 0.15) is 18.2 Å². The van der Waals surface area contributed by atoms with E-state index in [1.165, 1.54) is 55.6 Å². The predicted molar refractivity (Wildman–Crippen MR) is 117 cm³/mol. The lowest BCUT2D eigenvalue weighted by molar-refractivity contribution is 0.0926. The lowest BCUT2D eigenvalue weighted by atomic mass is 10.2. The molecular weight excluding hydrogens is 419 g/mol. The summed E-state index contributed by atoms with van der Waals surface area (Å²) in [6.07, 6.45) is 0. The highest BCUT2D eigenvalue weighted by atomic mass is 32.2. The fraction of sp³-hybridized carbons (Fsp3) is 0.174. The third kappa shape index (κ3) is 5.61. The van der Waals surface area contributed by atoms with Crippen molar-refractivity contribution < 1.29 is 22.3 Å². The van der Waals surface area contributed by atoms with E-state index < -0.39 is 21.7 Å². The molecule has 0 aliphatic rings. The molecule has 0 fully saturated rings. The first-order valence-corrected chi connectivity index (χ1v) is 11.0. The van der Waals surface area contributed by atoms with Gasteiger partial charge in [-0.2, -0.15) is 0 Å². The van der Waals surface area contributed by atoms with E-state index in [0.29, 0.717) is 11.4 Å². The van der Waals surface area contributed by atoms with Crippen LogP contribution in [0.25, 0.3) is 0 Å². The van der Waals surface area contributed by atoms with Crippen LogP contribution in [0.5, 0.6) is 5.75 Å². The number of rotatable bonds is 8. The molecule has 0 saturated heterocycles. The molecule has 0 radical (unpaired) electrons. The van der Waals surface area contributed by atoms with Crippen LogP contribution in [0.1, 0.15) is 17.3 Å². The van der Waals surface area contributed by atoms with Gasteiger partial charge in [0, 0.05) is 12.6 Å². The van der Waals surface area contributed by atoms with Crippen molar-refractivity contribution in [1.82, 2.24) is 5.32 Å². The van der Waals surface area contributed by atoms with Crippen molar-refractivity contribution in [1.29, 1.82) is 0 Å². The van der Waals surface area contributed by atoms with E-state index in [1.54, 1.807) is 6.92 Å². The molecule has 31 heavy (non-hydrogen) atoms. The van der Waals surface area contributed by atoms with Gasteiger partial charge in [0.15, 0.2) is 0 Å². The van der Waals surface area contributed by atoms with Crippen molar-refractivity contribution >= 4 is 21.6 Å². The monoisotopic (exact) mass is 442 g/mol. The van der Waals surface area contributed by atoms with E-state index in [9.17, 15) is 17.6 Å². The molecule has 0 bridgehead atoms. The van der Waals surface area contributed by atoms with E-state index in [0.717, 1.165) is 4.31 Å². The Morgan fingerprint density at radius 3 is 2.39 bits per heavy atom. The Hall–Kier alpha value is -3.39. The quantitative estimate of drug-likeness (QED) is 0.575. The van der Waals surface area contributed by atoms with Gasteiger partial charge in [-0.05, 0) is 61.5 Å². The third-order valence-electron chi connectivity index (χ3n) is 4.57. The van der Waals surface area contributed by atoms with Crippen LogP contribution in [0.3, 0.4) is 0 Å². The number of carbonyl (C=O) groups excluding carboxylic acids is 1. The summed E-state index contributed by atoms with van der Waals surface area (Å²) in [6.45, 7) is 2.06. The maximum atomic E-state index is 13.1. The summed E-state index contributed by atoms with van der Waals surface area (Å²) in [5, 5.41) is 2.80. The highest BCUT2D eigenvalue weighted by molar-refractivity contribution is 7.92. The van der Waals surface area contributed by atoms with Crippen molar-refractivity contribution in [3.63, 3.8) is 0 Å². The van der Waals surface area contributed by atoms with Crippen molar-refractivity contribution in [2.75, 3.05) is 18.0 Å². The van der Waals surface area contributed by atoms with Crippen LogP contribution in [-0.4, -0.2) is 34.0 Å². The summed E-state index contributed by atoms with van der Waals surface area (Å²) in [5.41, 5.74) is 0.517. The molecular formula is C23H23FN2O4S. The number of nitrogens with one attached hydrogen (secondary N) is 1. The minimum atomic E-state index is -3.93. The summed E-state index contributed by atoms with van der Waals surface area (Å²) < 4.78 is 45.7. The molecule has 3 aromatic carbocycles. The van der Waals surface area contributed by atoms with Gasteiger partial charge in [-0.15, -0.1) is 0 Å². The van der Waals surface area contributed by atoms with Gasteiger partial charge < -0.3 is 10.1 Å². The van der Waals surface area contributed by atoms with Gasteiger partial charge in [0.25, 0.3) is 15.9 Å². The van der Waals surface area contributed by atoms with Crippen molar-refractivity contribution in [2.24, 2.45) is 0 Å². The first kappa shape index (κ1) is 22.3.